The maximum absolute atomic E-state index is 12.6. The number of carbonyl (C=O) groups is 1. The van der Waals surface area contributed by atoms with Gasteiger partial charge in [-0.3, -0.25) is 0 Å². The molecule has 2 fully saturated rings. The van der Waals surface area contributed by atoms with Gasteiger partial charge in [0.05, 0.1) is 16.5 Å². The highest BCUT2D eigenvalue weighted by Gasteiger charge is 2.38. The summed E-state index contributed by atoms with van der Waals surface area (Å²) in [7, 11) is -3.56. The van der Waals surface area contributed by atoms with Crippen molar-refractivity contribution in [3.8, 4) is 0 Å². The average molecular weight is 626 g/mol. The van der Waals surface area contributed by atoms with Crippen LogP contribution in [0, 0.1) is 6.92 Å². The normalized spacial score (nSPS) is 17.9. The largest absolute Gasteiger partial charge is 0.490 e. The third kappa shape index (κ3) is 8.95. The highest BCUT2D eigenvalue weighted by molar-refractivity contribution is 7.89. The van der Waals surface area contributed by atoms with E-state index < -0.39 is 22.2 Å². The van der Waals surface area contributed by atoms with Crippen molar-refractivity contribution in [3.05, 3.63) is 42.0 Å². The van der Waals surface area contributed by atoms with Crippen LogP contribution in [0.25, 0.3) is 11.0 Å². The lowest BCUT2D eigenvalue weighted by molar-refractivity contribution is -0.192. The number of nitrogens with one attached hydrogen (secondary N) is 2. The molecule has 3 heterocycles. The quantitative estimate of drug-likeness (QED) is 0.291. The Balaban J connectivity index is 0.000000541. The lowest BCUT2D eigenvalue weighted by atomic mass is 10.1. The van der Waals surface area contributed by atoms with Crippen molar-refractivity contribution >= 4 is 44.3 Å². The predicted molar refractivity (Wildman–Crippen MR) is 154 cm³/mol. The first kappa shape index (κ1) is 32.3. The van der Waals surface area contributed by atoms with E-state index in [-0.39, 0.29) is 11.0 Å². The zero-order valence-corrected chi connectivity index (χ0v) is 24.3. The molecule has 0 aliphatic carbocycles. The molecule has 0 bridgehead atoms. The van der Waals surface area contributed by atoms with E-state index in [0.29, 0.717) is 35.8 Å². The summed E-state index contributed by atoms with van der Waals surface area (Å²) < 4.78 is 59.6. The van der Waals surface area contributed by atoms with Gasteiger partial charge < -0.3 is 25.3 Å². The maximum atomic E-state index is 12.6. The van der Waals surface area contributed by atoms with Crippen LogP contribution in [-0.2, 0) is 14.8 Å². The van der Waals surface area contributed by atoms with E-state index in [1.807, 2.05) is 19.1 Å². The van der Waals surface area contributed by atoms with Crippen molar-refractivity contribution in [2.75, 3.05) is 49.5 Å². The van der Waals surface area contributed by atoms with Gasteiger partial charge in [0, 0.05) is 37.6 Å². The molecule has 1 atom stereocenters. The summed E-state index contributed by atoms with van der Waals surface area (Å²) >= 11 is 0. The zero-order valence-electron chi connectivity index (χ0n) is 23.5. The molecule has 0 radical (unpaired) electrons. The molecule has 2 aliphatic heterocycles. The molecule has 3 aromatic rings. The van der Waals surface area contributed by atoms with Gasteiger partial charge in [0.1, 0.15) is 5.52 Å². The Morgan fingerprint density at radius 1 is 1.05 bits per heavy atom. The second-order valence-electron chi connectivity index (χ2n) is 10.4. The number of sulfonamides is 1. The molecule has 12 nitrogen and oxygen atoms in total. The van der Waals surface area contributed by atoms with Crippen LogP contribution >= 0.6 is 0 Å². The molecule has 16 heteroatoms. The highest BCUT2D eigenvalue weighted by Crippen LogP contribution is 2.28. The van der Waals surface area contributed by atoms with Gasteiger partial charge in [-0.1, -0.05) is 0 Å². The number of hydrogen-bond donors (Lipinski definition) is 4. The Hall–Kier alpha value is -3.60. The van der Waals surface area contributed by atoms with Gasteiger partial charge in [0.15, 0.2) is 0 Å². The van der Waals surface area contributed by atoms with E-state index in [4.69, 9.17) is 9.90 Å². The summed E-state index contributed by atoms with van der Waals surface area (Å²) in [5.41, 5.74) is 4.18. The van der Waals surface area contributed by atoms with E-state index in [0.717, 1.165) is 50.3 Å². The average Bonchev–Trinajstić information content (AvgIpc) is 3.46. The number of halogens is 3. The number of nitrogens with zero attached hydrogens (tertiary/aromatic N) is 5. The van der Waals surface area contributed by atoms with E-state index in [2.05, 4.69) is 35.0 Å². The molecule has 1 unspecified atom stereocenters. The molecule has 4 N–H and O–H groups in total. The van der Waals surface area contributed by atoms with Crippen LogP contribution in [0.2, 0.25) is 0 Å². The van der Waals surface area contributed by atoms with Crippen LogP contribution < -0.4 is 14.9 Å². The summed E-state index contributed by atoms with van der Waals surface area (Å²) in [6.07, 6.45) is -1.23. The van der Waals surface area contributed by atoms with Gasteiger partial charge in [0.25, 0.3) is 0 Å². The predicted octanol–water partition coefficient (Wildman–Crippen LogP) is 3.05. The molecule has 2 saturated heterocycles. The number of carboxylic acids is 1. The van der Waals surface area contributed by atoms with Crippen molar-refractivity contribution < 1.29 is 36.6 Å². The number of alkyl halides is 3. The number of aromatic nitrogens is 3. The molecule has 234 valence electrons. The Labute approximate surface area is 247 Å². The van der Waals surface area contributed by atoms with Gasteiger partial charge in [-0.05, 0) is 87.7 Å². The minimum absolute atomic E-state index is 0.220. The number of benzene rings is 2. The molecular formula is C27H34F3N7O5S. The van der Waals surface area contributed by atoms with Crippen LogP contribution in [-0.4, -0.2) is 96.2 Å². The van der Waals surface area contributed by atoms with Crippen LogP contribution in [0.15, 0.2) is 41.3 Å². The lowest BCUT2D eigenvalue weighted by Crippen LogP contribution is -2.38. The Morgan fingerprint density at radius 3 is 2.35 bits per heavy atom. The number of fused-ring (bicyclic) bond motifs is 1. The number of aliphatic carboxylic acids is 1. The topological polar surface area (TPSA) is 161 Å². The third-order valence-corrected chi connectivity index (χ3v) is 8.57. The summed E-state index contributed by atoms with van der Waals surface area (Å²) in [6.45, 7) is 6.76. The van der Waals surface area contributed by atoms with Crippen LogP contribution in [0.5, 0.6) is 0 Å². The van der Waals surface area contributed by atoms with Gasteiger partial charge in [0.2, 0.25) is 16.0 Å². The Morgan fingerprint density at radius 2 is 1.72 bits per heavy atom. The van der Waals surface area contributed by atoms with E-state index in [1.165, 1.54) is 12.8 Å². The minimum Gasteiger partial charge on any atom is -0.475 e. The number of piperidine rings is 1. The SMILES string of the molecule is Cc1cc2nc(Nc3ccc(S(=O)(=O)NCCN4CCCC4)cc3)nnc2cc1N1CCCC(O)C1.O=C(O)C(F)(F)F. The van der Waals surface area contributed by atoms with Crippen molar-refractivity contribution in [2.45, 2.75) is 49.8 Å². The fraction of sp³-hybridized carbons (Fsp3) is 0.481. The summed E-state index contributed by atoms with van der Waals surface area (Å²) in [4.78, 5) is 18.2. The van der Waals surface area contributed by atoms with Crippen molar-refractivity contribution in [1.82, 2.24) is 24.8 Å². The number of aliphatic hydroxyl groups excluding tert-OH is 1. The second kappa shape index (κ2) is 13.8. The smallest absolute Gasteiger partial charge is 0.475 e. The first-order chi connectivity index (χ1) is 20.3. The molecule has 0 spiro atoms. The number of β-amino-alcohol motifs (C(OH)–C–C–N with tert-alkyl or cyclic N) is 1. The van der Waals surface area contributed by atoms with Gasteiger partial charge in [-0.15, -0.1) is 10.2 Å². The number of aliphatic hydroxyl groups is 1. The highest BCUT2D eigenvalue weighted by atomic mass is 32.2. The standard InChI is InChI=1S/C25H33N7O3S.C2HF3O2/c1-18-15-22-23(16-24(18)32-13-4-5-20(33)17-32)29-30-25(28-22)27-19-6-8-21(9-7-19)36(34,35)26-10-14-31-11-2-3-12-31;3-2(4,5)1(6)7/h6-9,15-16,20,26,33H,2-5,10-14,17H2,1H3,(H,27,28,30);(H,6,7). The van der Waals surface area contributed by atoms with Crippen molar-refractivity contribution in [3.63, 3.8) is 0 Å². The van der Waals surface area contributed by atoms with E-state index in [9.17, 15) is 26.7 Å². The number of anilines is 3. The van der Waals surface area contributed by atoms with Crippen LogP contribution in [0.3, 0.4) is 0 Å². The Kier molecular flexibility index (Phi) is 10.4. The summed E-state index contributed by atoms with van der Waals surface area (Å²) in [5, 5.41) is 28.8. The third-order valence-electron chi connectivity index (χ3n) is 7.09. The molecule has 43 heavy (non-hydrogen) atoms. The number of likely N-dealkylation sites (tertiary alicyclic amines) is 1. The Bertz CT molecular complexity index is 1520. The monoisotopic (exact) mass is 625 g/mol. The zero-order chi connectivity index (χ0) is 31.2. The van der Waals surface area contributed by atoms with Crippen LogP contribution in [0.4, 0.5) is 30.5 Å². The number of hydrogen-bond acceptors (Lipinski definition) is 10. The minimum atomic E-state index is -5.08. The molecule has 1 aromatic heterocycles. The summed E-state index contributed by atoms with van der Waals surface area (Å²) in [5.74, 6) is -2.42. The number of aryl methyl sites for hydroxylation is 1. The van der Waals surface area contributed by atoms with E-state index >= 15 is 0 Å². The van der Waals surface area contributed by atoms with Crippen molar-refractivity contribution in [1.29, 1.82) is 0 Å². The van der Waals surface area contributed by atoms with Gasteiger partial charge in [-0.2, -0.15) is 13.2 Å². The number of carboxylic acid groups (broad SMARTS) is 1. The molecule has 2 aliphatic rings. The maximum Gasteiger partial charge on any atom is 0.490 e. The van der Waals surface area contributed by atoms with Crippen LogP contribution in [0.1, 0.15) is 31.2 Å². The molecule has 0 amide bonds. The second-order valence-corrected chi connectivity index (χ2v) is 12.2. The first-order valence-corrected chi connectivity index (χ1v) is 15.3. The van der Waals surface area contributed by atoms with E-state index in [1.54, 1.807) is 24.3 Å². The first-order valence-electron chi connectivity index (χ1n) is 13.8. The van der Waals surface area contributed by atoms with Crippen molar-refractivity contribution in [2.24, 2.45) is 0 Å². The molecule has 0 saturated carbocycles. The molecule has 5 rings (SSSR count). The fourth-order valence-electron chi connectivity index (χ4n) is 4.92. The lowest BCUT2D eigenvalue weighted by Gasteiger charge is -2.33. The molecule has 2 aromatic carbocycles. The van der Waals surface area contributed by atoms with Gasteiger partial charge >= 0.3 is 12.1 Å². The number of rotatable bonds is 8. The van der Waals surface area contributed by atoms with Gasteiger partial charge in [-0.25, -0.2) is 22.9 Å². The molecular weight excluding hydrogens is 591 g/mol. The summed E-state index contributed by atoms with van der Waals surface area (Å²) in [6, 6.07) is 10.5. The fourth-order valence-corrected chi connectivity index (χ4v) is 5.94.